The largest absolute Gasteiger partial charge is 0.496 e. The molecule has 0 radical (unpaired) electrons. The number of hydrogen-bond acceptors (Lipinski definition) is 5. The standard InChI is InChI=1S/C18H22N4O4.H2/c1-26-15-5-3-2-4-13(15)17(24)21-14-10-19-22-16(14)18(25)20-11-6-8-12(23)9-7-11;/h2-5,10-12,23H,6-9H2,1H3,(H,19,22)(H,20,25)(H,21,24);1H. The van der Waals surface area contributed by atoms with Crippen molar-refractivity contribution in [2.24, 2.45) is 0 Å². The van der Waals surface area contributed by atoms with Crippen molar-refractivity contribution in [3.8, 4) is 5.75 Å². The smallest absolute Gasteiger partial charge is 0.271 e. The Hall–Kier alpha value is -2.87. The van der Waals surface area contributed by atoms with Crippen LogP contribution in [0.15, 0.2) is 30.5 Å². The molecule has 1 aromatic carbocycles. The summed E-state index contributed by atoms with van der Waals surface area (Å²) in [4.78, 5) is 25.0. The number of methoxy groups -OCH3 is 1. The number of rotatable bonds is 5. The first-order valence-corrected chi connectivity index (χ1v) is 8.55. The third kappa shape index (κ3) is 4.02. The molecule has 0 bridgehead atoms. The Labute approximate surface area is 152 Å². The third-order valence-electron chi connectivity index (χ3n) is 4.50. The number of carbonyl (C=O) groups excluding carboxylic acids is 2. The predicted molar refractivity (Wildman–Crippen MR) is 97.4 cm³/mol. The van der Waals surface area contributed by atoms with Crippen molar-refractivity contribution >= 4 is 17.5 Å². The lowest BCUT2D eigenvalue weighted by atomic mass is 9.93. The minimum absolute atomic E-state index is 0. The minimum Gasteiger partial charge on any atom is -0.496 e. The normalized spacial score (nSPS) is 19.6. The van der Waals surface area contributed by atoms with Gasteiger partial charge in [0.15, 0.2) is 0 Å². The summed E-state index contributed by atoms with van der Waals surface area (Å²) < 4.78 is 5.19. The first-order valence-electron chi connectivity index (χ1n) is 8.55. The van der Waals surface area contributed by atoms with E-state index in [1.807, 2.05) is 0 Å². The van der Waals surface area contributed by atoms with Gasteiger partial charge >= 0.3 is 0 Å². The number of amides is 2. The van der Waals surface area contributed by atoms with Crippen molar-refractivity contribution in [2.45, 2.75) is 37.8 Å². The number of nitrogens with zero attached hydrogens (tertiary/aromatic N) is 1. The molecule has 2 aromatic rings. The van der Waals surface area contributed by atoms with E-state index in [4.69, 9.17) is 4.74 Å². The van der Waals surface area contributed by atoms with E-state index >= 15 is 0 Å². The Balaban J connectivity index is 0.00000261. The second-order valence-electron chi connectivity index (χ2n) is 6.29. The topological polar surface area (TPSA) is 116 Å². The van der Waals surface area contributed by atoms with Crippen LogP contribution in [0.2, 0.25) is 0 Å². The summed E-state index contributed by atoms with van der Waals surface area (Å²) in [6.45, 7) is 0. The number of aromatic nitrogens is 2. The Morgan fingerprint density at radius 1 is 1.23 bits per heavy atom. The van der Waals surface area contributed by atoms with E-state index in [1.165, 1.54) is 13.3 Å². The molecule has 0 saturated heterocycles. The molecule has 140 valence electrons. The predicted octanol–water partition coefficient (Wildman–Crippen LogP) is 1.95. The maximum atomic E-state index is 12.5. The van der Waals surface area contributed by atoms with Crippen molar-refractivity contribution in [1.29, 1.82) is 0 Å². The number of nitrogens with one attached hydrogen (secondary N) is 3. The van der Waals surface area contributed by atoms with Crippen LogP contribution in [0.25, 0.3) is 0 Å². The number of carbonyl (C=O) groups is 2. The van der Waals surface area contributed by atoms with Crippen LogP contribution in [0.1, 0.15) is 48.0 Å². The number of hydrogen-bond donors (Lipinski definition) is 4. The second-order valence-corrected chi connectivity index (χ2v) is 6.29. The van der Waals surface area contributed by atoms with Crippen molar-refractivity contribution in [3.63, 3.8) is 0 Å². The number of para-hydroxylation sites is 1. The van der Waals surface area contributed by atoms with Crippen LogP contribution >= 0.6 is 0 Å². The van der Waals surface area contributed by atoms with Crippen molar-refractivity contribution in [3.05, 3.63) is 41.7 Å². The molecule has 0 atom stereocenters. The second kappa shape index (κ2) is 8.01. The zero-order valence-corrected chi connectivity index (χ0v) is 14.5. The van der Waals surface area contributed by atoms with E-state index in [0.29, 0.717) is 29.8 Å². The molecular formula is C18H24N4O4. The third-order valence-corrected chi connectivity index (χ3v) is 4.50. The van der Waals surface area contributed by atoms with Crippen LogP contribution in [0.3, 0.4) is 0 Å². The van der Waals surface area contributed by atoms with Crippen molar-refractivity contribution in [2.75, 3.05) is 12.4 Å². The summed E-state index contributed by atoms with van der Waals surface area (Å²) >= 11 is 0. The van der Waals surface area contributed by atoms with Gasteiger partial charge in [0.1, 0.15) is 11.4 Å². The number of benzene rings is 1. The van der Waals surface area contributed by atoms with Crippen molar-refractivity contribution in [1.82, 2.24) is 15.5 Å². The van der Waals surface area contributed by atoms with E-state index in [1.54, 1.807) is 24.3 Å². The van der Waals surface area contributed by atoms with Crippen LogP contribution in [0.5, 0.6) is 5.75 Å². The van der Waals surface area contributed by atoms with Gasteiger partial charge in [0.25, 0.3) is 11.8 Å². The number of aliphatic hydroxyl groups is 1. The summed E-state index contributed by atoms with van der Waals surface area (Å²) in [5, 5.41) is 21.7. The zero-order chi connectivity index (χ0) is 18.5. The van der Waals surface area contributed by atoms with Gasteiger partial charge in [-0.05, 0) is 37.8 Å². The van der Waals surface area contributed by atoms with Gasteiger partial charge in [-0.15, -0.1) is 0 Å². The average molecular weight is 360 g/mol. The Morgan fingerprint density at radius 2 is 1.96 bits per heavy atom. The maximum Gasteiger partial charge on any atom is 0.271 e. The van der Waals surface area contributed by atoms with E-state index < -0.39 is 5.91 Å². The molecule has 1 fully saturated rings. The summed E-state index contributed by atoms with van der Waals surface area (Å²) in [7, 11) is 1.49. The Morgan fingerprint density at radius 3 is 2.69 bits per heavy atom. The molecule has 1 heterocycles. The maximum absolute atomic E-state index is 12.5. The fourth-order valence-corrected chi connectivity index (χ4v) is 3.05. The Kier molecular flexibility index (Phi) is 5.52. The van der Waals surface area contributed by atoms with Crippen LogP contribution in [-0.4, -0.2) is 46.4 Å². The number of anilines is 1. The van der Waals surface area contributed by atoms with Gasteiger partial charge in [0, 0.05) is 7.47 Å². The Bertz CT molecular complexity index is 787. The van der Waals surface area contributed by atoms with Gasteiger partial charge in [-0.1, -0.05) is 12.1 Å². The lowest BCUT2D eigenvalue weighted by Gasteiger charge is -2.26. The summed E-state index contributed by atoms with van der Waals surface area (Å²) in [5.74, 6) is -0.279. The summed E-state index contributed by atoms with van der Waals surface area (Å²) in [6.07, 6.45) is 3.91. The molecule has 26 heavy (non-hydrogen) atoms. The van der Waals surface area contributed by atoms with Crippen LogP contribution < -0.4 is 15.4 Å². The van der Waals surface area contributed by atoms with Crippen LogP contribution in [0.4, 0.5) is 5.69 Å². The first-order chi connectivity index (χ1) is 12.6. The highest BCUT2D eigenvalue weighted by Gasteiger charge is 2.24. The molecule has 0 unspecified atom stereocenters. The monoisotopic (exact) mass is 360 g/mol. The molecule has 0 spiro atoms. The minimum atomic E-state index is -0.390. The van der Waals surface area contributed by atoms with Gasteiger partial charge in [-0.2, -0.15) is 5.10 Å². The highest BCUT2D eigenvalue weighted by molar-refractivity contribution is 6.09. The molecule has 1 saturated carbocycles. The van der Waals surface area contributed by atoms with E-state index in [0.717, 1.165) is 12.8 Å². The molecule has 8 nitrogen and oxygen atoms in total. The van der Waals surface area contributed by atoms with Crippen LogP contribution in [0, 0.1) is 0 Å². The molecule has 2 amide bonds. The fraction of sp³-hybridized carbons (Fsp3) is 0.389. The molecule has 1 aliphatic carbocycles. The molecule has 8 heteroatoms. The van der Waals surface area contributed by atoms with Crippen LogP contribution in [-0.2, 0) is 0 Å². The van der Waals surface area contributed by atoms with Gasteiger partial charge in [0.05, 0.1) is 30.7 Å². The SMILES string of the molecule is COc1ccccc1C(=O)Nc1cn[nH]c1C(=O)NC1CCC(O)CC1.[HH]. The van der Waals surface area contributed by atoms with Gasteiger partial charge in [-0.25, -0.2) is 0 Å². The zero-order valence-electron chi connectivity index (χ0n) is 14.5. The first kappa shape index (κ1) is 17.9. The van der Waals surface area contributed by atoms with Gasteiger partial charge in [-0.3, -0.25) is 14.7 Å². The van der Waals surface area contributed by atoms with Crippen molar-refractivity contribution < 1.29 is 20.9 Å². The van der Waals surface area contributed by atoms with E-state index in [-0.39, 0.29) is 25.2 Å². The molecule has 0 aliphatic heterocycles. The highest BCUT2D eigenvalue weighted by atomic mass is 16.5. The van der Waals surface area contributed by atoms with Gasteiger partial charge in [0.2, 0.25) is 0 Å². The lowest BCUT2D eigenvalue weighted by Crippen LogP contribution is -2.39. The van der Waals surface area contributed by atoms with Gasteiger partial charge < -0.3 is 20.5 Å². The number of aromatic amines is 1. The number of H-pyrrole nitrogens is 1. The van der Waals surface area contributed by atoms with E-state index in [9.17, 15) is 14.7 Å². The van der Waals surface area contributed by atoms with E-state index in [2.05, 4.69) is 20.8 Å². The lowest BCUT2D eigenvalue weighted by molar-refractivity contribution is 0.0864. The average Bonchev–Trinajstić information content (AvgIpc) is 3.11. The molecule has 3 rings (SSSR count). The highest BCUT2D eigenvalue weighted by Crippen LogP contribution is 2.22. The summed E-state index contributed by atoms with van der Waals surface area (Å²) in [6, 6.07) is 6.84. The molecule has 1 aliphatic rings. The number of aliphatic hydroxyl groups excluding tert-OH is 1. The number of ether oxygens (including phenoxy) is 1. The summed E-state index contributed by atoms with van der Waals surface area (Å²) in [5.41, 5.74) is 0.859. The molecular weight excluding hydrogens is 336 g/mol. The molecule has 4 N–H and O–H groups in total. The fourth-order valence-electron chi connectivity index (χ4n) is 3.05. The molecule has 1 aromatic heterocycles. The quantitative estimate of drug-likeness (QED) is 0.650.